The molecule has 3 aromatic rings. The van der Waals surface area contributed by atoms with Gasteiger partial charge in [0.05, 0.1) is 4.90 Å². The van der Waals surface area contributed by atoms with Crippen LogP contribution in [0.3, 0.4) is 0 Å². The molecule has 0 amide bonds. The van der Waals surface area contributed by atoms with Crippen molar-refractivity contribution in [2.45, 2.75) is 4.90 Å². The molecule has 0 aliphatic heterocycles. The van der Waals surface area contributed by atoms with Crippen LogP contribution in [0, 0.1) is 0 Å². The molecule has 1 N–H and O–H groups in total. The monoisotopic (exact) mass is 282 g/mol. The number of fused-ring (bicyclic) bond motifs is 2. The first-order valence-electron chi connectivity index (χ1n) is 5.44. The van der Waals surface area contributed by atoms with Crippen LogP contribution < -0.4 is 29.6 Å². The van der Waals surface area contributed by atoms with Crippen LogP contribution in [0.1, 0.15) is 1.43 Å². The zero-order valence-corrected chi connectivity index (χ0v) is 13.2. The number of benzene rings is 3. The predicted molar refractivity (Wildman–Crippen MR) is 72.4 cm³/mol. The predicted octanol–water partition coefficient (Wildman–Crippen LogP) is 0.356. The summed E-state index contributed by atoms with van der Waals surface area (Å²) in [7, 11) is -4.15. The van der Waals surface area contributed by atoms with E-state index >= 15 is 0 Å². The van der Waals surface area contributed by atoms with Crippen LogP contribution in [-0.4, -0.2) is 13.0 Å². The minimum atomic E-state index is -4.15. The van der Waals surface area contributed by atoms with E-state index in [0.717, 1.165) is 21.5 Å². The van der Waals surface area contributed by atoms with E-state index in [1.54, 1.807) is 6.07 Å². The van der Waals surface area contributed by atoms with Gasteiger partial charge in [-0.05, 0) is 45.8 Å². The topological polar surface area (TPSA) is 54.4 Å². The zero-order chi connectivity index (χ0) is 12.8. The zero-order valence-electron chi connectivity index (χ0n) is 11.4. The molecule has 0 saturated heterocycles. The van der Waals surface area contributed by atoms with E-state index in [1.165, 1.54) is 12.1 Å². The summed E-state index contributed by atoms with van der Waals surface area (Å²) in [4.78, 5) is -0.0784. The second-order valence-electron chi connectivity index (χ2n) is 4.18. The van der Waals surface area contributed by atoms with E-state index in [0.29, 0.717) is 0 Å². The van der Waals surface area contributed by atoms with Gasteiger partial charge in [0.1, 0.15) is 0 Å². The molecule has 0 heterocycles. The average molecular weight is 282 g/mol. The van der Waals surface area contributed by atoms with Crippen LogP contribution in [0.2, 0.25) is 0 Å². The average Bonchev–Trinajstić information content (AvgIpc) is 2.34. The molecule has 5 heteroatoms. The summed E-state index contributed by atoms with van der Waals surface area (Å²) in [6.07, 6.45) is 0. The molecule has 0 atom stereocenters. The summed E-state index contributed by atoms with van der Waals surface area (Å²) in [6, 6.07) is 16.4. The quantitative estimate of drug-likeness (QED) is 0.398. The molecule has 0 aromatic heterocycles. The van der Waals surface area contributed by atoms with Gasteiger partial charge in [-0.25, -0.2) is 0 Å². The Morgan fingerprint density at radius 2 is 1.32 bits per heavy atom. The Balaban J connectivity index is 0.000001000. The van der Waals surface area contributed by atoms with Crippen LogP contribution >= 0.6 is 0 Å². The van der Waals surface area contributed by atoms with Gasteiger partial charge in [0.15, 0.2) is 0 Å². The molecule has 0 bridgehead atoms. The van der Waals surface area contributed by atoms with Gasteiger partial charge in [-0.1, -0.05) is 30.3 Å². The summed E-state index contributed by atoms with van der Waals surface area (Å²) >= 11 is 0. The Hall–Kier alpha value is -0.910. The third-order valence-corrected chi connectivity index (χ3v) is 3.82. The fraction of sp³-hybridized carbons (Fsp3) is 0. The standard InChI is InChI=1S/C14H10O3S.Na.H/c15-18(16,17)14-6-5-12-7-10-3-1-2-4-11(10)8-13(12)9-14;;/h1-9H,(H,15,16,17);;/q;+1;-1. The summed E-state index contributed by atoms with van der Waals surface area (Å²) < 4.78 is 31.2. The van der Waals surface area contributed by atoms with Crippen LogP contribution in [0.5, 0.6) is 0 Å². The first-order chi connectivity index (χ1) is 8.54. The Bertz CT molecular complexity index is 863. The van der Waals surface area contributed by atoms with Crippen LogP contribution in [0.4, 0.5) is 0 Å². The van der Waals surface area contributed by atoms with E-state index in [1.807, 2.05) is 36.4 Å². The maximum Gasteiger partial charge on any atom is 1.00 e. The fourth-order valence-corrected chi connectivity index (χ4v) is 2.59. The SMILES string of the molecule is O=S(=O)(O)c1ccc2cc3ccccc3cc2c1.[H-].[Na+]. The first-order valence-corrected chi connectivity index (χ1v) is 6.88. The second kappa shape index (κ2) is 5.23. The van der Waals surface area contributed by atoms with Gasteiger partial charge in [-0.3, -0.25) is 4.55 Å². The number of hydrogen-bond acceptors (Lipinski definition) is 2. The summed E-state index contributed by atoms with van der Waals surface area (Å²) in [6.45, 7) is 0. The molecule has 3 rings (SSSR count). The van der Waals surface area contributed by atoms with Crippen molar-refractivity contribution in [3.05, 3.63) is 54.6 Å². The minimum absolute atomic E-state index is 0. The van der Waals surface area contributed by atoms with Gasteiger partial charge in [-0.2, -0.15) is 8.42 Å². The molecule has 3 nitrogen and oxygen atoms in total. The normalized spacial score (nSPS) is 11.4. The molecule has 0 spiro atoms. The smallest absolute Gasteiger partial charge is 1.00 e. The van der Waals surface area contributed by atoms with Gasteiger partial charge in [0.25, 0.3) is 10.1 Å². The van der Waals surface area contributed by atoms with E-state index in [2.05, 4.69) is 0 Å². The first kappa shape index (κ1) is 14.5. The molecule has 0 unspecified atom stereocenters. The maximum atomic E-state index is 11.1. The van der Waals surface area contributed by atoms with Crippen molar-refractivity contribution in [2.24, 2.45) is 0 Å². The number of hydrogen-bond donors (Lipinski definition) is 1. The Morgan fingerprint density at radius 1 is 0.789 bits per heavy atom. The molecule has 92 valence electrons. The summed E-state index contributed by atoms with van der Waals surface area (Å²) in [5.41, 5.74) is 0. The third-order valence-electron chi connectivity index (χ3n) is 2.97. The van der Waals surface area contributed by atoms with Gasteiger partial charge >= 0.3 is 29.6 Å². The molecule has 0 aliphatic carbocycles. The third kappa shape index (κ3) is 2.83. The van der Waals surface area contributed by atoms with E-state index < -0.39 is 10.1 Å². The van der Waals surface area contributed by atoms with Gasteiger partial charge < -0.3 is 1.43 Å². The molecule has 3 aromatic carbocycles. The van der Waals surface area contributed by atoms with Gasteiger partial charge in [0, 0.05) is 0 Å². The van der Waals surface area contributed by atoms with Crippen LogP contribution in [0.25, 0.3) is 21.5 Å². The van der Waals surface area contributed by atoms with E-state index in [-0.39, 0.29) is 35.9 Å². The van der Waals surface area contributed by atoms with Crippen molar-refractivity contribution in [1.29, 1.82) is 0 Å². The van der Waals surface area contributed by atoms with Crippen molar-refractivity contribution in [1.82, 2.24) is 0 Å². The van der Waals surface area contributed by atoms with Crippen molar-refractivity contribution in [3.63, 3.8) is 0 Å². The van der Waals surface area contributed by atoms with Crippen molar-refractivity contribution in [3.8, 4) is 0 Å². The number of rotatable bonds is 1. The van der Waals surface area contributed by atoms with Gasteiger partial charge in [-0.15, -0.1) is 0 Å². The van der Waals surface area contributed by atoms with E-state index in [9.17, 15) is 8.42 Å². The Morgan fingerprint density at radius 3 is 1.89 bits per heavy atom. The molecule has 19 heavy (non-hydrogen) atoms. The summed E-state index contributed by atoms with van der Waals surface area (Å²) in [5.74, 6) is 0. The van der Waals surface area contributed by atoms with Crippen LogP contribution in [-0.2, 0) is 10.1 Å². The minimum Gasteiger partial charge on any atom is -1.00 e. The fourth-order valence-electron chi connectivity index (χ4n) is 2.08. The molecule has 0 aliphatic rings. The molecular formula is C14H11NaO3S. The maximum absolute atomic E-state index is 11.1. The molecule has 0 radical (unpaired) electrons. The van der Waals surface area contributed by atoms with Crippen molar-refractivity contribution in [2.75, 3.05) is 0 Å². The molecular weight excluding hydrogens is 271 g/mol. The molecule has 0 saturated carbocycles. The van der Waals surface area contributed by atoms with Crippen molar-refractivity contribution < 1.29 is 44.0 Å². The largest absolute Gasteiger partial charge is 1.00 e. The Labute approximate surface area is 134 Å². The van der Waals surface area contributed by atoms with Crippen molar-refractivity contribution >= 4 is 31.7 Å². The second-order valence-corrected chi connectivity index (χ2v) is 5.60. The van der Waals surface area contributed by atoms with E-state index in [4.69, 9.17) is 4.55 Å². The molecule has 0 fully saturated rings. The Kier molecular flexibility index (Phi) is 3.99. The van der Waals surface area contributed by atoms with Crippen LogP contribution in [0.15, 0.2) is 59.5 Å². The van der Waals surface area contributed by atoms with Gasteiger partial charge in [0.2, 0.25) is 0 Å². The summed E-state index contributed by atoms with van der Waals surface area (Å²) in [5, 5.41) is 3.88.